The lowest BCUT2D eigenvalue weighted by molar-refractivity contribution is 0.130. The highest BCUT2D eigenvalue weighted by molar-refractivity contribution is 5.85. The van der Waals surface area contributed by atoms with Crippen molar-refractivity contribution in [3.05, 3.63) is 88.2 Å². The number of hydrogen-bond acceptors (Lipinski definition) is 3. The third-order valence-electron chi connectivity index (χ3n) is 8.93. The van der Waals surface area contributed by atoms with Crippen LogP contribution in [0.1, 0.15) is 83.8 Å². The van der Waals surface area contributed by atoms with E-state index in [1.54, 1.807) is 0 Å². The highest BCUT2D eigenvalue weighted by Gasteiger charge is 2.25. The largest absolute Gasteiger partial charge is 0.301 e. The van der Waals surface area contributed by atoms with Crippen molar-refractivity contribution in [2.24, 2.45) is 5.92 Å². The molecule has 40 heavy (non-hydrogen) atoms. The van der Waals surface area contributed by atoms with Crippen molar-refractivity contribution in [2.45, 2.75) is 85.2 Å². The van der Waals surface area contributed by atoms with E-state index in [4.69, 9.17) is 4.98 Å². The van der Waals surface area contributed by atoms with Crippen molar-refractivity contribution in [1.29, 1.82) is 0 Å². The Bertz CT molecular complexity index is 1520. The molecular formula is C36H45N3O. The van der Waals surface area contributed by atoms with Crippen molar-refractivity contribution < 1.29 is 0 Å². The zero-order chi connectivity index (χ0) is 28.4. The van der Waals surface area contributed by atoms with E-state index < -0.39 is 0 Å². The minimum atomic E-state index is 0.0706. The van der Waals surface area contributed by atoms with Gasteiger partial charge >= 0.3 is 0 Å². The molecule has 0 spiro atoms. The van der Waals surface area contributed by atoms with E-state index in [0.29, 0.717) is 35.7 Å². The second-order valence-corrected chi connectivity index (χ2v) is 12.4. The molecule has 0 amide bonds. The van der Waals surface area contributed by atoms with Crippen molar-refractivity contribution in [2.75, 3.05) is 13.1 Å². The first kappa shape index (κ1) is 28.3. The number of rotatable bonds is 8. The van der Waals surface area contributed by atoms with Crippen LogP contribution >= 0.6 is 0 Å². The number of likely N-dealkylation sites (tertiary alicyclic amines) is 1. The van der Waals surface area contributed by atoms with Crippen LogP contribution in [0.2, 0.25) is 0 Å². The number of fused-ring (bicyclic) bond motifs is 1. The summed E-state index contributed by atoms with van der Waals surface area (Å²) in [6.07, 6.45) is 3.36. The quantitative estimate of drug-likeness (QED) is 0.227. The molecule has 2 heterocycles. The van der Waals surface area contributed by atoms with Gasteiger partial charge in [-0.15, -0.1) is 0 Å². The van der Waals surface area contributed by atoms with Gasteiger partial charge in [-0.25, -0.2) is 4.98 Å². The van der Waals surface area contributed by atoms with E-state index in [-0.39, 0.29) is 5.56 Å². The standard InChI is InChI=1S/C36H45N3O/c1-7-26(6)31-12-8-9-13-32(31)35-37-34-19-18-30(29-16-14-28(15-17-29)24(2)3)21-33(34)36(40)39(35)23-27-11-10-20-38(22-27)25(4)5/h8-9,12-19,21,24-27H,7,10-11,20,22-23H2,1-6H3. The predicted octanol–water partition coefficient (Wildman–Crippen LogP) is 8.49. The van der Waals surface area contributed by atoms with Gasteiger partial charge in [-0.3, -0.25) is 9.36 Å². The number of piperidine rings is 1. The average molecular weight is 536 g/mol. The van der Waals surface area contributed by atoms with Crippen LogP contribution in [-0.4, -0.2) is 33.6 Å². The fourth-order valence-electron chi connectivity index (χ4n) is 6.16. The van der Waals surface area contributed by atoms with Crippen molar-refractivity contribution >= 4 is 10.9 Å². The van der Waals surface area contributed by atoms with Gasteiger partial charge in [-0.05, 0) is 91.8 Å². The van der Waals surface area contributed by atoms with Crippen LogP contribution in [0.4, 0.5) is 0 Å². The fourth-order valence-corrected chi connectivity index (χ4v) is 6.16. The number of aromatic nitrogens is 2. The van der Waals surface area contributed by atoms with Crippen LogP contribution in [0.3, 0.4) is 0 Å². The van der Waals surface area contributed by atoms with Gasteiger partial charge in [-0.1, -0.05) is 82.3 Å². The predicted molar refractivity (Wildman–Crippen MR) is 169 cm³/mol. The Hall–Kier alpha value is -3.24. The molecular weight excluding hydrogens is 490 g/mol. The Kier molecular flexibility index (Phi) is 8.56. The van der Waals surface area contributed by atoms with Crippen LogP contribution in [0.25, 0.3) is 33.4 Å². The second kappa shape index (κ2) is 12.1. The Morgan fingerprint density at radius 2 is 1.65 bits per heavy atom. The molecule has 0 aliphatic carbocycles. The van der Waals surface area contributed by atoms with Gasteiger partial charge in [-0.2, -0.15) is 0 Å². The maximum atomic E-state index is 14.4. The first-order valence-corrected chi connectivity index (χ1v) is 15.2. The number of nitrogens with zero attached hydrogens (tertiary/aromatic N) is 3. The molecule has 0 saturated carbocycles. The van der Waals surface area contributed by atoms with Gasteiger partial charge in [0.15, 0.2) is 0 Å². The molecule has 5 rings (SSSR count). The molecule has 4 heteroatoms. The molecule has 2 unspecified atom stereocenters. The molecule has 1 aliphatic heterocycles. The summed E-state index contributed by atoms with van der Waals surface area (Å²) in [6.45, 7) is 16.3. The maximum absolute atomic E-state index is 14.4. The van der Waals surface area contributed by atoms with E-state index in [1.807, 2.05) is 10.6 Å². The van der Waals surface area contributed by atoms with Gasteiger partial charge in [0.1, 0.15) is 5.82 Å². The summed E-state index contributed by atoms with van der Waals surface area (Å²) in [5.74, 6) is 2.11. The van der Waals surface area contributed by atoms with Crippen LogP contribution < -0.4 is 5.56 Å². The summed E-state index contributed by atoms with van der Waals surface area (Å²) in [7, 11) is 0. The number of benzene rings is 3. The first-order valence-electron chi connectivity index (χ1n) is 15.2. The average Bonchev–Trinajstić information content (AvgIpc) is 2.98. The molecule has 0 bridgehead atoms. The van der Waals surface area contributed by atoms with E-state index >= 15 is 0 Å². The van der Waals surface area contributed by atoms with Gasteiger partial charge in [0.2, 0.25) is 0 Å². The molecule has 0 radical (unpaired) electrons. The molecule has 1 aliphatic rings. The van der Waals surface area contributed by atoms with E-state index in [9.17, 15) is 4.79 Å². The van der Waals surface area contributed by atoms with Crippen LogP contribution in [-0.2, 0) is 6.54 Å². The fraction of sp³-hybridized carbons (Fsp3) is 0.444. The SMILES string of the molecule is CCC(C)c1ccccc1-c1nc2ccc(-c3ccc(C(C)C)cc3)cc2c(=O)n1CC1CCCN(C(C)C)C1. The summed E-state index contributed by atoms with van der Waals surface area (Å²) in [5.41, 5.74) is 6.69. The molecule has 1 aromatic heterocycles. The molecule has 1 fully saturated rings. The van der Waals surface area contributed by atoms with Crippen LogP contribution in [0.15, 0.2) is 71.5 Å². The summed E-state index contributed by atoms with van der Waals surface area (Å²) < 4.78 is 2.00. The molecule has 2 atom stereocenters. The summed E-state index contributed by atoms with van der Waals surface area (Å²) in [4.78, 5) is 22.2. The minimum absolute atomic E-state index is 0.0706. The normalized spacial score (nSPS) is 17.1. The highest BCUT2D eigenvalue weighted by Crippen LogP contribution is 2.32. The third-order valence-corrected chi connectivity index (χ3v) is 8.93. The van der Waals surface area contributed by atoms with Gasteiger partial charge in [0.05, 0.1) is 10.9 Å². The van der Waals surface area contributed by atoms with Crippen LogP contribution in [0, 0.1) is 5.92 Å². The minimum Gasteiger partial charge on any atom is -0.301 e. The smallest absolute Gasteiger partial charge is 0.261 e. The molecule has 4 nitrogen and oxygen atoms in total. The summed E-state index contributed by atoms with van der Waals surface area (Å²) in [5, 5.41) is 0.701. The van der Waals surface area contributed by atoms with E-state index in [2.05, 4.69) is 107 Å². The second-order valence-electron chi connectivity index (χ2n) is 12.4. The first-order chi connectivity index (χ1) is 19.3. The number of hydrogen-bond donors (Lipinski definition) is 0. The van der Waals surface area contributed by atoms with E-state index in [0.717, 1.165) is 54.0 Å². The van der Waals surface area contributed by atoms with Gasteiger partial charge < -0.3 is 4.90 Å². The molecule has 210 valence electrons. The zero-order valence-electron chi connectivity index (χ0n) is 25.2. The lowest BCUT2D eigenvalue weighted by Crippen LogP contribution is -2.42. The van der Waals surface area contributed by atoms with Crippen molar-refractivity contribution in [3.8, 4) is 22.5 Å². The lowest BCUT2D eigenvalue weighted by atomic mass is 9.92. The summed E-state index contributed by atoms with van der Waals surface area (Å²) in [6, 6.07) is 24.0. The molecule has 0 N–H and O–H groups in total. The lowest BCUT2D eigenvalue weighted by Gasteiger charge is -2.36. The highest BCUT2D eigenvalue weighted by atomic mass is 16.1. The summed E-state index contributed by atoms with van der Waals surface area (Å²) >= 11 is 0. The Morgan fingerprint density at radius 1 is 0.925 bits per heavy atom. The monoisotopic (exact) mass is 535 g/mol. The Morgan fingerprint density at radius 3 is 2.35 bits per heavy atom. The molecule has 1 saturated heterocycles. The Balaban J connectivity index is 1.65. The van der Waals surface area contributed by atoms with Crippen molar-refractivity contribution in [3.63, 3.8) is 0 Å². The molecule has 3 aromatic carbocycles. The third kappa shape index (κ3) is 5.78. The topological polar surface area (TPSA) is 38.1 Å². The van der Waals surface area contributed by atoms with Crippen molar-refractivity contribution in [1.82, 2.24) is 14.5 Å². The van der Waals surface area contributed by atoms with E-state index in [1.165, 1.54) is 17.5 Å². The van der Waals surface area contributed by atoms with Gasteiger partial charge in [0, 0.05) is 24.7 Å². The molecule has 4 aromatic rings. The Labute approximate surface area is 240 Å². The van der Waals surface area contributed by atoms with Gasteiger partial charge in [0.25, 0.3) is 5.56 Å². The zero-order valence-corrected chi connectivity index (χ0v) is 25.2. The van der Waals surface area contributed by atoms with Crippen LogP contribution in [0.5, 0.6) is 0 Å². The maximum Gasteiger partial charge on any atom is 0.261 e.